The summed E-state index contributed by atoms with van der Waals surface area (Å²) in [7, 11) is 0. The SMILES string of the molecule is O=C(O)CN(CCN(I)CC1OC1O)CC1OC1O. The Labute approximate surface area is 124 Å². The van der Waals surface area contributed by atoms with Crippen LogP contribution in [0.5, 0.6) is 0 Å². The van der Waals surface area contributed by atoms with Gasteiger partial charge in [-0.3, -0.25) is 9.69 Å². The van der Waals surface area contributed by atoms with Gasteiger partial charge in [-0.15, -0.1) is 0 Å². The van der Waals surface area contributed by atoms with Crippen LogP contribution in [0.2, 0.25) is 0 Å². The number of ether oxygens (including phenoxy) is 2. The number of aliphatic carboxylic acids is 1. The third-order valence-corrected chi connectivity index (χ3v) is 3.82. The van der Waals surface area contributed by atoms with Gasteiger partial charge in [0, 0.05) is 49.0 Å². The fourth-order valence-electron chi connectivity index (χ4n) is 1.75. The number of rotatable bonds is 9. The Morgan fingerprint density at radius 2 is 1.63 bits per heavy atom. The first kappa shape index (κ1) is 15.4. The van der Waals surface area contributed by atoms with Crippen LogP contribution in [0, 0.1) is 0 Å². The molecular formula is C10H17IN2O6. The van der Waals surface area contributed by atoms with E-state index in [1.807, 2.05) is 3.11 Å². The van der Waals surface area contributed by atoms with Crippen molar-refractivity contribution in [2.75, 3.05) is 32.7 Å². The Balaban J connectivity index is 1.67. The summed E-state index contributed by atoms with van der Waals surface area (Å²) < 4.78 is 11.7. The van der Waals surface area contributed by atoms with Crippen LogP contribution in [-0.4, -0.2) is 86.8 Å². The summed E-state index contributed by atoms with van der Waals surface area (Å²) in [5.41, 5.74) is 0. The van der Waals surface area contributed by atoms with E-state index in [1.54, 1.807) is 4.90 Å². The van der Waals surface area contributed by atoms with Gasteiger partial charge in [0.1, 0.15) is 12.2 Å². The third kappa shape index (κ3) is 5.45. The number of hydrogen-bond acceptors (Lipinski definition) is 7. The topological polar surface area (TPSA) is 109 Å². The zero-order valence-corrected chi connectivity index (χ0v) is 12.3. The molecule has 0 amide bonds. The highest BCUT2D eigenvalue weighted by atomic mass is 127. The molecule has 110 valence electrons. The normalized spacial score (nSPS) is 32.9. The third-order valence-electron chi connectivity index (χ3n) is 2.95. The number of carboxylic acid groups (broad SMARTS) is 1. The first-order valence-corrected chi connectivity index (χ1v) is 6.94. The summed E-state index contributed by atoms with van der Waals surface area (Å²) in [5, 5.41) is 27.0. The molecule has 0 spiro atoms. The molecule has 0 bridgehead atoms. The molecule has 19 heavy (non-hydrogen) atoms. The number of epoxide rings is 2. The number of hydrogen-bond donors (Lipinski definition) is 3. The van der Waals surface area contributed by atoms with Gasteiger partial charge < -0.3 is 24.8 Å². The Morgan fingerprint density at radius 3 is 2.11 bits per heavy atom. The minimum absolute atomic E-state index is 0.0837. The van der Waals surface area contributed by atoms with Crippen LogP contribution in [0.15, 0.2) is 0 Å². The predicted molar refractivity (Wildman–Crippen MR) is 71.4 cm³/mol. The lowest BCUT2D eigenvalue weighted by molar-refractivity contribution is -0.138. The summed E-state index contributed by atoms with van der Waals surface area (Å²) in [6.45, 7) is 2.11. The van der Waals surface area contributed by atoms with Gasteiger partial charge in [0.05, 0.1) is 6.54 Å². The van der Waals surface area contributed by atoms with Crippen molar-refractivity contribution in [3.8, 4) is 0 Å². The van der Waals surface area contributed by atoms with Gasteiger partial charge >= 0.3 is 5.97 Å². The van der Waals surface area contributed by atoms with E-state index in [2.05, 4.69) is 22.9 Å². The fraction of sp³-hybridized carbons (Fsp3) is 0.900. The van der Waals surface area contributed by atoms with Crippen molar-refractivity contribution in [3.63, 3.8) is 0 Å². The minimum Gasteiger partial charge on any atom is -0.480 e. The number of carbonyl (C=O) groups is 1. The maximum atomic E-state index is 10.8. The van der Waals surface area contributed by atoms with Crippen LogP contribution in [-0.2, 0) is 14.3 Å². The fourth-order valence-corrected chi connectivity index (χ4v) is 2.35. The van der Waals surface area contributed by atoms with Crippen molar-refractivity contribution in [1.29, 1.82) is 0 Å². The van der Waals surface area contributed by atoms with Gasteiger partial charge in [0.15, 0.2) is 12.6 Å². The molecule has 2 rings (SSSR count). The van der Waals surface area contributed by atoms with E-state index in [0.717, 1.165) is 0 Å². The molecule has 0 aromatic carbocycles. The summed E-state index contributed by atoms with van der Waals surface area (Å²) in [4.78, 5) is 12.5. The molecule has 2 heterocycles. The van der Waals surface area contributed by atoms with Crippen molar-refractivity contribution in [3.05, 3.63) is 0 Å². The lowest BCUT2D eigenvalue weighted by Crippen LogP contribution is -2.38. The number of aliphatic hydroxyl groups excluding tert-OH is 2. The van der Waals surface area contributed by atoms with Gasteiger partial charge in [-0.1, -0.05) is 0 Å². The number of carboxylic acids is 1. The lowest BCUT2D eigenvalue weighted by Gasteiger charge is -2.21. The van der Waals surface area contributed by atoms with E-state index in [9.17, 15) is 4.79 Å². The first-order valence-electron chi connectivity index (χ1n) is 5.97. The van der Waals surface area contributed by atoms with E-state index in [-0.39, 0.29) is 18.8 Å². The average molecular weight is 388 g/mol. The molecule has 2 aliphatic rings. The smallest absolute Gasteiger partial charge is 0.317 e. The number of halogens is 1. The van der Waals surface area contributed by atoms with E-state index in [1.165, 1.54) is 0 Å². The second-order valence-corrected chi connectivity index (χ2v) is 5.99. The molecular weight excluding hydrogens is 371 g/mol. The number of aliphatic hydroxyl groups is 2. The van der Waals surface area contributed by atoms with Crippen LogP contribution in [0.25, 0.3) is 0 Å². The Hall–Kier alpha value is -0.0400. The molecule has 2 fully saturated rings. The average Bonchev–Trinajstić information content (AvgIpc) is 3.17. The molecule has 0 aromatic rings. The van der Waals surface area contributed by atoms with Crippen molar-refractivity contribution in [2.45, 2.75) is 24.8 Å². The molecule has 2 saturated heterocycles. The van der Waals surface area contributed by atoms with Crippen LogP contribution in [0.4, 0.5) is 0 Å². The van der Waals surface area contributed by atoms with Gasteiger partial charge in [0.25, 0.3) is 0 Å². The highest BCUT2D eigenvalue weighted by molar-refractivity contribution is 14.1. The van der Waals surface area contributed by atoms with Gasteiger partial charge in [-0.25, -0.2) is 3.11 Å². The molecule has 8 nitrogen and oxygen atoms in total. The zero-order valence-electron chi connectivity index (χ0n) is 10.2. The summed E-state index contributed by atoms with van der Waals surface area (Å²) in [6, 6.07) is 0. The maximum absolute atomic E-state index is 10.8. The molecule has 9 heteroatoms. The minimum atomic E-state index is -0.906. The van der Waals surface area contributed by atoms with E-state index in [0.29, 0.717) is 26.2 Å². The highest BCUT2D eigenvalue weighted by Gasteiger charge is 2.39. The largest absolute Gasteiger partial charge is 0.480 e. The van der Waals surface area contributed by atoms with Crippen molar-refractivity contribution in [1.82, 2.24) is 8.01 Å². The van der Waals surface area contributed by atoms with Gasteiger partial charge in [-0.05, 0) is 0 Å². The van der Waals surface area contributed by atoms with Crippen molar-refractivity contribution < 1.29 is 29.6 Å². The Kier molecular flexibility index (Phi) is 5.34. The molecule has 0 saturated carbocycles. The zero-order chi connectivity index (χ0) is 14.0. The van der Waals surface area contributed by atoms with Crippen LogP contribution >= 0.6 is 22.9 Å². The van der Waals surface area contributed by atoms with Crippen LogP contribution in [0.1, 0.15) is 0 Å². The van der Waals surface area contributed by atoms with E-state index >= 15 is 0 Å². The van der Waals surface area contributed by atoms with E-state index < -0.39 is 18.5 Å². The molecule has 4 unspecified atom stereocenters. The second-order valence-electron chi connectivity index (χ2n) is 4.63. The predicted octanol–water partition coefficient (Wildman–Crippen LogP) is -1.54. The van der Waals surface area contributed by atoms with Crippen LogP contribution < -0.4 is 0 Å². The molecule has 3 N–H and O–H groups in total. The highest BCUT2D eigenvalue weighted by Crippen LogP contribution is 2.22. The van der Waals surface area contributed by atoms with Crippen molar-refractivity contribution in [2.24, 2.45) is 0 Å². The Morgan fingerprint density at radius 1 is 1.11 bits per heavy atom. The second kappa shape index (κ2) is 6.61. The molecule has 0 aromatic heterocycles. The maximum Gasteiger partial charge on any atom is 0.317 e. The van der Waals surface area contributed by atoms with Crippen molar-refractivity contribution >= 4 is 28.8 Å². The molecule has 0 aliphatic carbocycles. The molecule has 2 aliphatic heterocycles. The lowest BCUT2D eigenvalue weighted by atomic mass is 10.3. The first-order chi connectivity index (χ1) is 8.95. The van der Waals surface area contributed by atoms with E-state index in [4.69, 9.17) is 24.8 Å². The Bertz CT molecular complexity index is 333. The molecule has 4 atom stereocenters. The summed E-state index contributed by atoms with van der Waals surface area (Å²) in [5.74, 6) is -0.906. The van der Waals surface area contributed by atoms with Gasteiger partial charge in [0.2, 0.25) is 0 Å². The standard InChI is InChI=1S/C10H17IN2O6/c11-13(4-7-10(17)19-7)2-1-12(5-8(14)15)3-6-9(16)18-6/h6-7,9-10,16-17H,1-5H2,(H,14,15). The van der Waals surface area contributed by atoms with Crippen LogP contribution in [0.3, 0.4) is 0 Å². The quantitative estimate of drug-likeness (QED) is 0.248. The summed E-state index contributed by atoms with van der Waals surface area (Å²) in [6.07, 6.45) is -1.85. The summed E-state index contributed by atoms with van der Waals surface area (Å²) >= 11 is 2.11. The number of nitrogens with zero attached hydrogens (tertiary/aromatic N) is 2. The van der Waals surface area contributed by atoms with Gasteiger partial charge in [-0.2, -0.15) is 0 Å². The molecule has 0 radical (unpaired) electrons. The monoisotopic (exact) mass is 388 g/mol.